The molecule has 0 fully saturated rings. The fraction of sp³-hybridized carbons (Fsp3) is 0.368. The molecule has 8 nitrogen and oxygen atoms in total. The molecule has 2 aliphatic rings. The molecule has 4 aromatic rings. The largest absolute Gasteiger partial charge is 0.318 e. The predicted octanol–water partition coefficient (Wildman–Crippen LogP) is 6.29. The average Bonchev–Trinajstić information content (AvgIpc) is 3.08. The molecule has 1 atom stereocenters. The number of unbranched alkanes of at least 4 members (excludes halogenated alkanes) is 1. The zero-order valence-electron chi connectivity index (χ0n) is 27.1. The number of carbonyl (C=O) groups is 4. The van der Waals surface area contributed by atoms with Gasteiger partial charge in [-0.3, -0.25) is 29.0 Å². The van der Waals surface area contributed by atoms with Crippen LogP contribution in [0.1, 0.15) is 87.4 Å². The molecule has 0 saturated carbocycles. The van der Waals surface area contributed by atoms with E-state index >= 15 is 0 Å². The minimum Gasteiger partial charge on any atom is -0.318 e. The summed E-state index contributed by atoms with van der Waals surface area (Å²) in [7, 11) is 1.80. The van der Waals surface area contributed by atoms with Crippen LogP contribution in [0.4, 0.5) is 0 Å². The monoisotopic (exact) mass is 620 g/mol. The van der Waals surface area contributed by atoms with Crippen molar-refractivity contribution in [2.45, 2.75) is 46.0 Å². The number of hydrogen-bond acceptors (Lipinski definition) is 6. The molecule has 0 bridgehead atoms. The predicted molar refractivity (Wildman–Crippen MR) is 183 cm³/mol. The van der Waals surface area contributed by atoms with E-state index in [9.17, 15) is 19.2 Å². The Bertz CT molecular complexity index is 1650. The summed E-state index contributed by atoms with van der Waals surface area (Å²) in [5, 5.41) is 9.83. The third-order valence-electron chi connectivity index (χ3n) is 9.08. The quantitative estimate of drug-likeness (QED) is 0.135. The van der Waals surface area contributed by atoms with Crippen molar-refractivity contribution >= 4 is 45.2 Å². The number of carbonyl (C=O) groups excluding carboxylic acids is 4. The first kappa shape index (κ1) is 33.0. The Balaban J connectivity index is 0.000000192. The summed E-state index contributed by atoms with van der Waals surface area (Å²) < 4.78 is 0. The summed E-state index contributed by atoms with van der Waals surface area (Å²) in [5.74, 6) is -0.00441. The van der Waals surface area contributed by atoms with Gasteiger partial charge in [0.2, 0.25) is 0 Å². The minimum atomic E-state index is -0.204. The fourth-order valence-corrected chi connectivity index (χ4v) is 6.46. The number of amides is 4. The first-order valence-corrected chi connectivity index (χ1v) is 16.5. The summed E-state index contributed by atoms with van der Waals surface area (Å²) in [6, 6.07) is 22.4. The van der Waals surface area contributed by atoms with Crippen molar-refractivity contribution in [1.82, 2.24) is 20.4 Å². The van der Waals surface area contributed by atoms with Crippen LogP contribution in [0.25, 0.3) is 21.5 Å². The van der Waals surface area contributed by atoms with E-state index in [0.29, 0.717) is 48.4 Å². The van der Waals surface area contributed by atoms with E-state index in [1.807, 2.05) is 60.7 Å². The maximum atomic E-state index is 12.8. The van der Waals surface area contributed by atoms with Gasteiger partial charge in [-0.2, -0.15) is 0 Å². The Labute approximate surface area is 271 Å². The summed E-state index contributed by atoms with van der Waals surface area (Å²) >= 11 is 0. The zero-order chi connectivity index (χ0) is 32.6. The highest BCUT2D eigenvalue weighted by Gasteiger charge is 2.33. The number of nitrogens with one attached hydrogen (secondary N) is 2. The molecule has 2 aliphatic heterocycles. The smallest absolute Gasteiger partial charge is 0.261 e. The Morgan fingerprint density at radius 1 is 0.587 bits per heavy atom. The summed E-state index contributed by atoms with van der Waals surface area (Å²) in [6.07, 6.45) is 6.20. The van der Waals surface area contributed by atoms with Crippen molar-refractivity contribution in [2.75, 3.05) is 39.8 Å². The number of nitrogens with zero attached hydrogens (tertiary/aromatic N) is 2. The van der Waals surface area contributed by atoms with Crippen LogP contribution in [0, 0.1) is 5.92 Å². The van der Waals surface area contributed by atoms with Gasteiger partial charge < -0.3 is 10.6 Å². The second-order valence-electron chi connectivity index (χ2n) is 12.0. The van der Waals surface area contributed by atoms with E-state index in [2.05, 4.69) is 24.5 Å². The second-order valence-corrected chi connectivity index (χ2v) is 12.0. The van der Waals surface area contributed by atoms with Gasteiger partial charge in [-0.15, -0.1) is 0 Å². The minimum absolute atomic E-state index is 0.180. The van der Waals surface area contributed by atoms with E-state index in [1.165, 1.54) is 35.5 Å². The van der Waals surface area contributed by atoms with Crippen LogP contribution in [0.2, 0.25) is 0 Å². The molecule has 0 spiro atoms. The van der Waals surface area contributed by atoms with Crippen molar-refractivity contribution in [1.29, 1.82) is 0 Å². The van der Waals surface area contributed by atoms with Crippen LogP contribution in [0.3, 0.4) is 0 Å². The fourth-order valence-electron chi connectivity index (χ4n) is 6.46. The third-order valence-corrected chi connectivity index (χ3v) is 9.08. The summed E-state index contributed by atoms with van der Waals surface area (Å²) in [4.78, 5) is 53.1. The van der Waals surface area contributed by atoms with E-state index < -0.39 is 0 Å². The topological polar surface area (TPSA) is 98.8 Å². The maximum Gasteiger partial charge on any atom is 0.261 e. The number of hydrogen-bond donors (Lipinski definition) is 2. The van der Waals surface area contributed by atoms with Gasteiger partial charge in [-0.25, -0.2) is 0 Å². The van der Waals surface area contributed by atoms with E-state index in [4.69, 9.17) is 0 Å². The first-order chi connectivity index (χ1) is 22.4. The van der Waals surface area contributed by atoms with Crippen LogP contribution in [0.5, 0.6) is 0 Å². The van der Waals surface area contributed by atoms with Gasteiger partial charge >= 0.3 is 0 Å². The van der Waals surface area contributed by atoms with Gasteiger partial charge in [-0.1, -0.05) is 88.1 Å². The molecule has 46 heavy (non-hydrogen) atoms. The number of rotatable bonds is 13. The van der Waals surface area contributed by atoms with Gasteiger partial charge in [0.25, 0.3) is 23.6 Å². The molecule has 2 N–H and O–H groups in total. The van der Waals surface area contributed by atoms with E-state index in [0.717, 1.165) is 40.4 Å². The van der Waals surface area contributed by atoms with Crippen LogP contribution in [0.15, 0.2) is 72.8 Å². The van der Waals surface area contributed by atoms with E-state index in [1.54, 1.807) is 19.2 Å². The van der Waals surface area contributed by atoms with Gasteiger partial charge in [0.1, 0.15) is 0 Å². The van der Waals surface area contributed by atoms with Gasteiger partial charge in [-0.05, 0) is 61.0 Å². The maximum absolute atomic E-state index is 12.8. The summed E-state index contributed by atoms with van der Waals surface area (Å²) in [6.45, 7) is 7.45. The molecule has 0 aliphatic carbocycles. The molecule has 1 unspecified atom stereocenters. The van der Waals surface area contributed by atoms with Crippen LogP contribution < -0.4 is 10.6 Å². The molecular weight excluding hydrogens is 576 g/mol. The second kappa shape index (κ2) is 15.3. The lowest BCUT2D eigenvalue weighted by atomic mass is 9.94. The lowest BCUT2D eigenvalue weighted by molar-refractivity contribution is 0.0597. The standard InChI is InChI=1S/C23H30N2O2.C15H14N2O2/c1-3-5-8-17(4-2)13-14-24-15-16-25-22(26)19-11-6-9-18-10-7-12-20(21(18)19)23(25)27;1-16-8-9-17-14(18)11-6-2-4-10-5-3-7-12(13(10)11)15(17)19/h6-7,9-12,17,24H,3-5,8,13-16H2,1-2H3;2-7,16H,8-9H2,1H3. The highest BCUT2D eigenvalue weighted by Crippen LogP contribution is 2.31. The number of benzene rings is 4. The molecule has 240 valence electrons. The van der Waals surface area contributed by atoms with Crippen molar-refractivity contribution in [3.8, 4) is 0 Å². The SMILES string of the molecule is CCCCC(CC)CCNCCN1C(=O)c2cccc3cccc(c23)C1=O.CNCCN1C(=O)c2cccc3cccc(c23)C1=O. The van der Waals surface area contributed by atoms with Crippen LogP contribution in [-0.4, -0.2) is 73.2 Å². The molecular formula is C38H44N4O4. The number of likely N-dealkylation sites (N-methyl/N-ethyl adjacent to an activating group) is 1. The third kappa shape index (κ3) is 6.73. The zero-order valence-corrected chi connectivity index (χ0v) is 27.1. The Morgan fingerprint density at radius 2 is 1.02 bits per heavy atom. The van der Waals surface area contributed by atoms with E-state index in [-0.39, 0.29) is 23.6 Å². The first-order valence-electron chi connectivity index (χ1n) is 16.5. The molecule has 2 heterocycles. The molecule has 0 radical (unpaired) electrons. The summed E-state index contributed by atoms with van der Waals surface area (Å²) in [5.41, 5.74) is 2.49. The lowest BCUT2D eigenvalue weighted by Crippen LogP contribution is -2.44. The average molecular weight is 621 g/mol. The van der Waals surface area contributed by atoms with Crippen LogP contribution in [-0.2, 0) is 0 Å². The van der Waals surface area contributed by atoms with Gasteiger partial charge in [0, 0.05) is 59.2 Å². The molecule has 4 amide bonds. The Hall–Kier alpha value is -4.40. The molecule has 0 aromatic heterocycles. The van der Waals surface area contributed by atoms with Crippen molar-refractivity contribution in [2.24, 2.45) is 5.92 Å². The molecule has 0 saturated heterocycles. The van der Waals surface area contributed by atoms with Gasteiger partial charge in [0.15, 0.2) is 0 Å². The molecule has 8 heteroatoms. The normalized spacial score (nSPS) is 14.6. The van der Waals surface area contributed by atoms with Crippen molar-refractivity contribution < 1.29 is 19.2 Å². The molecule has 4 aromatic carbocycles. The lowest BCUT2D eigenvalue weighted by Gasteiger charge is -2.27. The Morgan fingerprint density at radius 3 is 1.41 bits per heavy atom. The molecule has 6 rings (SSSR count). The highest BCUT2D eigenvalue weighted by molar-refractivity contribution is 6.26. The number of imide groups is 2. The highest BCUT2D eigenvalue weighted by atomic mass is 16.2. The van der Waals surface area contributed by atoms with Gasteiger partial charge in [0.05, 0.1) is 0 Å². The van der Waals surface area contributed by atoms with Crippen LogP contribution >= 0.6 is 0 Å². The van der Waals surface area contributed by atoms with Crippen molar-refractivity contribution in [3.05, 3.63) is 95.1 Å². The van der Waals surface area contributed by atoms with Crippen molar-refractivity contribution in [3.63, 3.8) is 0 Å². The Kier molecular flexibility index (Phi) is 10.9.